The Hall–Kier alpha value is -2.29. The molecule has 0 aromatic carbocycles. The maximum Gasteiger partial charge on any atom is 0.181 e. The van der Waals surface area contributed by atoms with Gasteiger partial charge in [0.05, 0.1) is 12.0 Å². The first kappa shape index (κ1) is 18.1. The van der Waals surface area contributed by atoms with Crippen LogP contribution in [0.5, 0.6) is 0 Å². The first-order chi connectivity index (χ1) is 12.9. The third-order valence-corrected chi connectivity index (χ3v) is 4.49. The molecular formula is C17H21N5O5. The number of hydrogen-bond donors (Lipinski definition) is 2. The van der Waals surface area contributed by atoms with E-state index in [1.807, 2.05) is 13.8 Å². The van der Waals surface area contributed by atoms with Crippen LogP contribution in [-0.2, 0) is 18.9 Å². The molecule has 0 amide bonds. The van der Waals surface area contributed by atoms with Crippen LogP contribution >= 0.6 is 0 Å². The van der Waals surface area contributed by atoms with Gasteiger partial charge in [-0.25, -0.2) is 14.6 Å². The van der Waals surface area contributed by atoms with Crippen LogP contribution in [0, 0.1) is 11.8 Å². The van der Waals surface area contributed by atoms with E-state index in [1.165, 1.54) is 6.33 Å². The quantitative estimate of drug-likeness (QED) is 0.702. The standard InChI is InChI=1S/C17H21N5O5/c1-17(2)26-12-10(7-23)25-16(13(12)27-17)22-15-11(14(18)19-8-20-15)9(21-22)5-4-6-24-3/h8,10,12-13,16,23H,6-7H2,1-3H3,(H2,18,19,20)/t10-,12-,13-,16-/m1/s1. The maximum atomic E-state index is 9.68. The summed E-state index contributed by atoms with van der Waals surface area (Å²) in [6.45, 7) is 3.69. The molecule has 144 valence electrons. The van der Waals surface area contributed by atoms with E-state index in [-0.39, 0.29) is 19.0 Å². The number of methoxy groups -OCH3 is 1. The number of nitrogens with zero attached hydrogens (tertiary/aromatic N) is 4. The summed E-state index contributed by atoms with van der Waals surface area (Å²) < 4.78 is 24.4. The molecule has 27 heavy (non-hydrogen) atoms. The minimum atomic E-state index is -0.789. The monoisotopic (exact) mass is 375 g/mol. The molecule has 10 nitrogen and oxygen atoms in total. The lowest BCUT2D eigenvalue weighted by molar-refractivity contribution is -0.201. The summed E-state index contributed by atoms with van der Waals surface area (Å²) in [5.41, 5.74) is 6.93. The second kappa shape index (κ2) is 6.70. The molecule has 2 fully saturated rings. The number of hydrogen-bond acceptors (Lipinski definition) is 9. The number of ether oxygens (including phenoxy) is 4. The van der Waals surface area contributed by atoms with Crippen molar-refractivity contribution in [1.82, 2.24) is 19.7 Å². The number of anilines is 1. The van der Waals surface area contributed by atoms with Crippen molar-refractivity contribution in [3.05, 3.63) is 12.0 Å². The highest BCUT2D eigenvalue weighted by molar-refractivity contribution is 5.90. The molecule has 0 bridgehead atoms. The van der Waals surface area contributed by atoms with E-state index in [0.29, 0.717) is 16.7 Å². The zero-order valence-corrected chi connectivity index (χ0v) is 15.2. The Morgan fingerprint density at radius 2 is 2.11 bits per heavy atom. The minimum absolute atomic E-state index is 0.200. The van der Waals surface area contributed by atoms with E-state index in [2.05, 4.69) is 26.9 Å². The van der Waals surface area contributed by atoms with Crippen molar-refractivity contribution in [3.8, 4) is 11.8 Å². The molecule has 10 heteroatoms. The average Bonchev–Trinajstić information content (AvgIpc) is 3.24. The van der Waals surface area contributed by atoms with Gasteiger partial charge in [0.2, 0.25) is 0 Å². The number of aliphatic hydroxyl groups excluding tert-OH is 1. The third kappa shape index (κ3) is 3.03. The van der Waals surface area contributed by atoms with Crippen LogP contribution < -0.4 is 5.73 Å². The number of nitrogens with two attached hydrogens (primary N) is 1. The van der Waals surface area contributed by atoms with Crippen LogP contribution in [0.2, 0.25) is 0 Å². The van der Waals surface area contributed by atoms with Crippen molar-refractivity contribution >= 4 is 16.9 Å². The van der Waals surface area contributed by atoms with E-state index in [0.717, 1.165) is 0 Å². The first-order valence-corrected chi connectivity index (χ1v) is 8.53. The summed E-state index contributed by atoms with van der Waals surface area (Å²) in [5, 5.41) is 14.8. The lowest BCUT2D eigenvalue weighted by Gasteiger charge is -2.23. The van der Waals surface area contributed by atoms with Crippen LogP contribution in [-0.4, -0.2) is 69.3 Å². The summed E-state index contributed by atoms with van der Waals surface area (Å²) in [7, 11) is 1.56. The fourth-order valence-corrected chi connectivity index (χ4v) is 3.46. The molecule has 0 radical (unpaired) electrons. The predicted octanol–water partition coefficient (Wildman–Crippen LogP) is -0.184. The molecular weight excluding hydrogens is 354 g/mol. The molecule has 2 aromatic rings. The molecule has 4 heterocycles. The molecule has 0 aliphatic carbocycles. The second-order valence-electron chi connectivity index (χ2n) is 6.80. The summed E-state index contributed by atoms with van der Waals surface area (Å²) in [4.78, 5) is 8.34. The predicted molar refractivity (Wildman–Crippen MR) is 93.3 cm³/mol. The molecule has 0 saturated carbocycles. The average molecular weight is 375 g/mol. The molecule has 4 rings (SSSR count). The molecule has 2 aliphatic rings. The smallest absolute Gasteiger partial charge is 0.181 e. The Balaban J connectivity index is 1.80. The maximum absolute atomic E-state index is 9.68. The van der Waals surface area contributed by atoms with Gasteiger partial charge in [-0.2, -0.15) is 5.10 Å². The molecule has 2 aromatic heterocycles. The highest BCUT2D eigenvalue weighted by Gasteiger charge is 2.56. The van der Waals surface area contributed by atoms with E-state index >= 15 is 0 Å². The Morgan fingerprint density at radius 1 is 1.33 bits per heavy atom. The fraction of sp³-hybridized carbons (Fsp3) is 0.588. The van der Waals surface area contributed by atoms with Crippen molar-refractivity contribution in [2.45, 2.75) is 44.2 Å². The molecule has 3 N–H and O–H groups in total. The van der Waals surface area contributed by atoms with E-state index < -0.39 is 30.3 Å². The van der Waals surface area contributed by atoms with Crippen LogP contribution in [0.4, 0.5) is 5.82 Å². The van der Waals surface area contributed by atoms with Crippen LogP contribution in [0.15, 0.2) is 6.33 Å². The van der Waals surface area contributed by atoms with Crippen molar-refractivity contribution in [2.75, 3.05) is 26.1 Å². The fourth-order valence-electron chi connectivity index (χ4n) is 3.46. The van der Waals surface area contributed by atoms with Gasteiger partial charge in [0, 0.05) is 7.11 Å². The second-order valence-corrected chi connectivity index (χ2v) is 6.80. The van der Waals surface area contributed by atoms with Crippen molar-refractivity contribution < 1.29 is 24.1 Å². The van der Waals surface area contributed by atoms with Gasteiger partial charge >= 0.3 is 0 Å². The Bertz CT molecular complexity index is 918. The Morgan fingerprint density at radius 3 is 2.85 bits per heavy atom. The summed E-state index contributed by atoms with van der Waals surface area (Å²) in [6, 6.07) is 0. The van der Waals surface area contributed by atoms with Crippen molar-refractivity contribution in [1.29, 1.82) is 0 Å². The lowest BCUT2D eigenvalue weighted by atomic mass is 10.1. The summed E-state index contributed by atoms with van der Waals surface area (Å²) in [5.74, 6) is 5.27. The van der Waals surface area contributed by atoms with E-state index in [1.54, 1.807) is 11.8 Å². The highest BCUT2D eigenvalue weighted by Crippen LogP contribution is 2.43. The first-order valence-electron chi connectivity index (χ1n) is 8.53. The topological polar surface area (TPSA) is 127 Å². The summed E-state index contributed by atoms with van der Waals surface area (Å²) in [6.07, 6.45) is -0.715. The van der Waals surface area contributed by atoms with Gasteiger partial charge in [-0.15, -0.1) is 0 Å². The van der Waals surface area contributed by atoms with E-state index in [9.17, 15) is 5.11 Å². The number of rotatable bonds is 3. The molecule has 0 unspecified atom stereocenters. The number of nitrogen functional groups attached to an aromatic ring is 1. The zero-order valence-electron chi connectivity index (χ0n) is 15.2. The van der Waals surface area contributed by atoms with E-state index in [4.69, 9.17) is 24.7 Å². The SMILES string of the molecule is COCC#Cc1nn([C@@H]2O[C@H](CO)[C@H]3OC(C)(C)O[C@H]32)c2ncnc(N)c12. The van der Waals surface area contributed by atoms with Gasteiger partial charge in [0.15, 0.2) is 17.7 Å². The van der Waals surface area contributed by atoms with Crippen LogP contribution in [0.3, 0.4) is 0 Å². The lowest BCUT2D eigenvalue weighted by Crippen LogP contribution is -2.31. The zero-order chi connectivity index (χ0) is 19.2. The third-order valence-electron chi connectivity index (χ3n) is 4.49. The highest BCUT2D eigenvalue weighted by atomic mass is 16.8. The van der Waals surface area contributed by atoms with Gasteiger partial charge in [0.1, 0.15) is 42.8 Å². The normalized spacial score (nSPS) is 28.9. The molecule has 2 aliphatic heterocycles. The van der Waals surface area contributed by atoms with Crippen molar-refractivity contribution in [2.24, 2.45) is 0 Å². The largest absolute Gasteiger partial charge is 0.394 e. The van der Waals surface area contributed by atoms with Gasteiger partial charge in [-0.3, -0.25) is 0 Å². The van der Waals surface area contributed by atoms with Gasteiger partial charge in [-0.05, 0) is 19.8 Å². The van der Waals surface area contributed by atoms with Gasteiger partial charge in [-0.1, -0.05) is 5.92 Å². The molecule has 4 atom stereocenters. The minimum Gasteiger partial charge on any atom is -0.394 e. The Kier molecular flexibility index (Phi) is 4.49. The van der Waals surface area contributed by atoms with Crippen LogP contribution in [0.25, 0.3) is 11.0 Å². The number of fused-ring (bicyclic) bond motifs is 2. The number of aromatic nitrogens is 4. The van der Waals surface area contributed by atoms with Crippen LogP contribution in [0.1, 0.15) is 25.8 Å². The number of aliphatic hydroxyl groups is 1. The van der Waals surface area contributed by atoms with Gasteiger partial charge in [0.25, 0.3) is 0 Å². The Labute approximate surface area is 155 Å². The molecule has 2 saturated heterocycles. The van der Waals surface area contributed by atoms with Crippen molar-refractivity contribution in [3.63, 3.8) is 0 Å². The molecule has 0 spiro atoms. The van der Waals surface area contributed by atoms with Gasteiger partial charge < -0.3 is 29.8 Å². The summed E-state index contributed by atoms with van der Waals surface area (Å²) >= 11 is 0.